The predicted octanol–water partition coefficient (Wildman–Crippen LogP) is 5.09. The van der Waals surface area contributed by atoms with Gasteiger partial charge in [0, 0.05) is 17.2 Å². The number of rotatable bonds is 6. The van der Waals surface area contributed by atoms with E-state index in [1.165, 1.54) is 23.4 Å². The number of methoxy groups -OCH3 is 1. The van der Waals surface area contributed by atoms with Gasteiger partial charge in [0.25, 0.3) is 5.56 Å². The van der Waals surface area contributed by atoms with Crippen LogP contribution < -0.4 is 10.3 Å². The van der Waals surface area contributed by atoms with Crippen molar-refractivity contribution in [2.75, 3.05) is 7.11 Å². The van der Waals surface area contributed by atoms with E-state index in [0.29, 0.717) is 28.3 Å². The van der Waals surface area contributed by atoms with Gasteiger partial charge >= 0.3 is 0 Å². The Kier molecular flexibility index (Phi) is 6.14. The van der Waals surface area contributed by atoms with E-state index in [0.717, 1.165) is 16.9 Å². The summed E-state index contributed by atoms with van der Waals surface area (Å²) < 4.78 is 10.6. The van der Waals surface area contributed by atoms with Gasteiger partial charge in [-0.2, -0.15) is 4.98 Å². The average molecular weight is 449 g/mol. The number of nitrogens with one attached hydrogen (secondary N) is 1. The number of ether oxygens (including phenoxy) is 1. The van der Waals surface area contributed by atoms with Crippen molar-refractivity contribution in [1.82, 2.24) is 20.1 Å². The van der Waals surface area contributed by atoms with Crippen molar-refractivity contribution < 1.29 is 9.26 Å². The Labute approximate surface area is 190 Å². The highest BCUT2D eigenvalue weighted by Gasteiger charge is 2.15. The molecule has 0 atom stereocenters. The third-order valence-corrected chi connectivity index (χ3v) is 5.77. The topological polar surface area (TPSA) is 93.9 Å². The molecule has 7 nitrogen and oxygen atoms in total. The van der Waals surface area contributed by atoms with Crippen LogP contribution in [0.5, 0.6) is 5.75 Å². The van der Waals surface area contributed by atoms with E-state index in [-0.39, 0.29) is 11.0 Å². The van der Waals surface area contributed by atoms with Gasteiger partial charge in [-0.1, -0.05) is 62.0 Å². The summed E-state index contributed by atoms with van der Waals surface area (Å²) in [5.41, 5.74) is 3.42. The van der Waals surface area contributed by atoms with E-state index < -0.39 is 0 Å². The fourth-order valence-electron chi connectivity index (χ4n) is 3.09. The van der Waals surface area contributed by atoms with Crippen molar-refractivity contribution in [3.05, 3.63) is 76.4 Å². The summed E-state index contributed by atoms with van der Waals surface area (Å²) in [5, 5.41) is 4.57. The Morgan fingerprint density at radius 3 is 2.34 bits per heavy atom. The van der Waals surface area contributed by atoms with Crippen LogP contribution in [0, 0.1) is 0 Å². The molecule has 0 aliphatic carbocycles. The molecule has 0 saturated heterocycles. The number of thioether (sulfide) groups is 1. The van der Waals surface area contributed by atoms with Gasteiger partial charge in [-0.15, -0.1) is 0 Å². The smallest absolute Gasteiger partial charge is 0.252 e. The Balaban J connectivity index is 1.47. The van der Waals surface area contributed by atoms with Gasteiger partial charge in [0.1, 0.15) is 5.75 Å². The first kappa shape index (κ1) is 21.8. The molecule has 0 radical (unpaired) electrons. The molecule has 0 aliphatic heterocycles. The molecule has 4 rings (SSSR count). The quantitative estimate of drug-likeness (QED) is 0.324. The van der Waals surface area contributed by atoms with Crippen molar-refractivity contribution in [2.24, 2.45) is 0 Å². The third kappa shape index (κ3) is 5.08. The average Bonchev–Trinajstić information content (AvgIpc) is 3.26. The zero-order valence-electron chi connectivity index (χ0n) is 18.4. The highest BCUT2D eigenvalue weighted by atomic mass is 32.2. The molecule has 164 valence electrons. The minimum absolute atomic E-state index is 0.0852. The minimum Gasteiger partial charge on any atom is -0.497 e. The molecule has 2 aromatic carbocycles. The van der Waals surface area contributed by atoms with Crippen LogP contribution in [-0.4, -0.2) is 27.2 Å². The molecular weight excluding hydrogens is 424 g/mol. The Bertz CT molecular complexity index is 1260. The monoisotopic (exact) mass is 448 g/mol. The number of benzene rings is 2. The van der Waals surface area contributed by atoms with Crippen molar-refractivity contribution in [3.63, 3.8) is 0 Å². The molecule has 4 aromatic rings. The molecule has 1 N–H and O–H groups in total. The van der Waals surface area contributed by atoms with Crippen LogP contribution in [-0.2, 0) is 11.2 Å². The molecule has 8 heteroatoms. The van der Waals surface area contributed by atoms with E-state index >= 15 is 0 Å². The first-order valence-electron chi connectivity index (χ1n) is 10.1. The first-order valence-corrected chi connectivity index (χ1v) is 11.1. The summed E-state index contributed by atoms with van der Waals surface area (Å²) in [6.07, 6.45) is 0. The van der Waals surface area contributed by atoms with Crippen LogP contribution in [0.3, 0.4) is 0 Å². The number of hydrogen-bond donors (Lipinski definition) is 1. The maximum atomic E-state index is 12.1. The van der Waals surface area contributed by atoms with E-state index in [2.05, 4.69) is 53.0 Å². The summed E-state index contributed by atoms with van der Waals surface area (Å²) in [6.45, 7) is 6.52. The molecular formula is C24H24N4O3S. The zero-order chi connectivity index (χ0) is 22.7. The van der Waals surface area contributed by atoms with Gasteiger partial charge in [0.2, 0.25) is 11.7 Å². The highest BCUT2D eigenvalue weighted by Crippen LogP contribution is 2.26. The third-order valence-electron chi connectivity index (χ3n) is 4.92. The molecule has 0 bridgehead atoms. The largest absolute Gasteiger partial charge is 0.497 e. The van der Waals surface area contributed by atoms with E-state index in [1.54, 1.807) is 7.11 Å². The molecule has 2 aromatic heterocycles. The Morgan fingerprint density at radius 2 is 1.69 bits per heavy atom. The number of hydrogen-bond acceptors (Lipinski definition) is 7. The molecule has 0 unspecified atom stereocenters. The van der Waals surface area contributed by atoms with E-state index in [9.17, 15) is 4.79 Å². The van der Waals surface area contributed by atoms with Crippen molar-refractivity contribution in [1.29, 1.82) is 0 Å². The highest BCUT2D eigenvalue weighted by molar-refractivity contribution is 7.98. The lowest BCUT2D eigenvalue weighted by molar-refractivity contribution is 0.391. The first-order chi connectivity index (χ1) is 15.3. The molecule has 0 amide bonds. The standard InChI is InChI=1S/C24H24N4O3S/c1-24(2,3)17-9-5-16(6-10-17)22-27-21(31-28-22)14-32-23-25-19(13-20(29)26-23)15-7-11-18(30-4)12-8-15/h5-13H,14H2,1-4H3,(H,25,26,29). The summed E-state index contributed by atoms with van der Waals surface area (Å²) >= 11 is 1.33. The SMILES string of the molecule is COc1ccc(-c2cc(=O)[nH]c(SCc3nc(-c4ccc(C(C)(C)C)cc4)no3)n2)cc1. The second kappa shape index (κ2) is 9.00. The molecule has 0 aliphatic rings. The predicted molar refractivity (Wildman–Crippen MR) is 125 cm³/mol. The van der Waals surface area contributed by atoms with Crippen LogP contribution in [0.4, 0.5) is 0 Å². The van der Waals surface area contributed by atoms with Gasteiger partial charge in [0.15, 0.2) is 5.16 Å². The molecule has 0 saturated carbocycles. The van der Waals surface area contributed by atoms with Gasteiger partial charge in [-0.05, 0) is 35.2 Å². The maximum Gasteiger partial charge on any atom is 0.252 e. The van der Waals surface area contributed by atoms with E-state index in [1.807, 2.05) is 36.4 Å². The number of nitrogens with zero attached hydrogens (tertiary/aromatic N) is 3. The normalized spacial score (nSPS) is 11.5. The summed E-state index contributed by atoms with van der Waals surface area (Å²) in [5.74, 6) is 2.13. The second-order valence-corrected chi connectivity index (χ2v) is 9.26. The molecule has 32 heavy (non-hydrogen) atoms. The fourth-order valence-corrected chi connectivity index (χ4v) is 3.81. The summed E-state index contributed by atoms with van der Waals surface area (Å²) in [7, 11) is 1.61. The van der Waals surface area contributed by atoms with E-state index in [4.69, 9.17) is 9.26 Å². The summed E-state index contributed by atoms with van der Waals surface area (Å²) in [6, 6.07) is 17.0. The van der Waals surface area contributed by atoms with Crippen molar-refractivity contribution in [2.45, 2.75) is 37.1 Å². The minimum atomic E-state index is -0.224. The number of aromatic amines is 1. The Morgan fingerprint density at radius 1 is 1.00 bits per heavy atom. The van der Waals surface area contributed by atoms with Crippen LogP contribution >= 0.6 is 11.8 Å². The fraction of sp³-hybridized carbons (Fsp3) is 0.250. The lowest BCUT2D eigenvalue weighted by atomic mass is 9.87. The number of H-pyrrole nitrogens is 1. The van der Waals surface area contributed by atoms with Crippen molar-refractivity contribution in [3.8, 4) is 28.4 Å². The second-order valence-electron chi connectivity index (χ2n) is 8.29. The van der Waals surface area contributed by atoms with Crippen LogP contribution in [0.2, 0.25) is 0 Å². The van der Waals surface area contributed by atoms with Crippen LogP contribution in [0.25, 0.3) is 22.6 Å². The van der Waals surface area contributed by atoms with Crippen LogP contribution in [0.15, 0.2) is 69.1 Å². The van der Waals surface area contributed by atoms with Gasteiger partial charge in [-0.25, -0.2) is 4.98 Å². The van der Waals surface area contributed by atoms with Gasteiger partial charge in [0.05, 0.1) is 18.6 Å². The molecule has 0 spiro atoms. The lowest BCUT2D eigenvalue weighted by Crippen LogP contribution is -2.10. The molecule has 0 fully saturated rings. The van der Waals surface area contributed by atoms with Gasteiger partial charge in [-0.3, -0.25) is 4.79 Å². The molecule has 2 heterocycles. The Hall–Kier alpha value is -3.39. The number of aromatic nitrogens is 4. The zero-order valence-corrected chi connectivity index (χ0v) is 19.2. The van der Waals surface area contributed by atoms with Gasteiger partial charge < -0.3 is 14.2 Å². The maximum absolute atomic E-state index is 12.1. The van der Waals surface area contributed by atoms with Crippen LogP contribution in [0.1, 0.15) is 32.2 Å². The van der Waals surface area contributed by atoms with Crippen molar-refractivity contribution >= 4 is 11.8 Å². The summed E-state index contributed by atoms with van der Waals surface area (Å²) in [4.78, 5) is 23.9. The lowest BCUT2D eigenvalue weighted by Gasteiger charge is -2.18.